The number of hydroxylamine groups is 7. The molecule has 2 aromatic rings. The predicted octanol–water partition coefficient (Wildman–Crippen LogP) is 3.93. The summed E-state index contributed by atoms with van der Waals surface area (Å²) in [5.41, 5.74) is 4.38. The topological polar surface area (TPSA) is 203 Å². The van der Waals surface area contributed by atoms with Crippen LogP contribution >= 0.6 is 0 Å². The lowest BCUT2D eigenvalue weighted by atomic mass is 9.85. The Morgan fingerprint density at radius 3 is 1.63 bits per heavy atom. The van der Waals surface area contributed by atoms with Crippen molar-refractivity contribution in [3.8, 4) is 0 Å². The summed E-state index contributed by atoms with van der Waals surface area (Å²) in [7, 11) is 0. The Morgan fingerprint density at radius 1 is 0.683 bits per heavy atom. The third-order valence-electron chi connectivity index (χ3n) is 11.1. The lowest BCUT2D eigenvalue weighted by Gasteiger charge is -2.29. The zero-order valence-electron chi connectivity index (χ0n) is 34.1. The molecule has 324 valence electrons. The minimum absolute atomic E-state index is 0.00169. The minimum atomic E-state index is -0.851. The van der Waals surface area contributed by atoms with E-state index in [9.17, 15) is 28.8 Å². The summed E-state index contributed by atoms with van der Waals surface area (Å²) in [5.74, 6) is 1.70. The number of piperidine rings is 2. The molecule has 0 aromatic heterocycles. The van der Waals surface area contributed by atoms with Crippen molar-refractivity contribution in [1.29, 1.82) is 0 Å². The second-order valence-electron chi connectivity index (χ2n) is 15.3. The fourth-order valence-corrected chi connectivity index (χ4v) is 7.97. The number of hydrogen-bond donors (Lipinski definition) is 2. The van der Waals surface area contributed by atoms with Crippen molar-refractivity contribution < 1.29 is 53.0 Å². The van der Waals surface area contributed by atoms with Crippen molar-refractivity contribution >= 4 is 35.8 Å². The Labute approximate surface area is 349 Å². The maximum atomic E-state index is 12.9. The molecule has 7 amide bonds. The van der Waals surface area contributed by atoms with Crippen LogP contribution in [0.25, 0.3) is 0 Å². The lowest BCUT2D eigenvalue weighted by Crippen LogP contribution is -2.49. The number of nitrogens with zero attached hydrogens (tertiary/aromatic N) is 5. The fourth-order valence-electron chi connectivity index (χ4n) is 7.97. The molecule has 6 atom stereocenters. The summed E-state index contributed by atoms with van der Waals surface area (Å²) < 4.78 is 0. The van der Waals surface area contributed by atoms with Gasteiger partial charge in [0.25, 0.3) is 17.7 Å². The number of benzene rings is 2. The normalized spacial score (nSPS) is 25.1. The van der Waals surface area contributed by atoms with Crippen molar-refractivity contribution in [3.63, 3.8) is 0 Å². The number of carbonyl (C=O) groups excluding carboxylic acids is 6. The van der Waals surface area contributed by atoms with Gasteiger partial charge in [0.15, 0.2) is 0 Å². The van der Waals surface area contributed by atoms with E-state index in [1.807, 2.05) is 86.7 Å². The van der Waals surface area contributed by atoms with Gasteiger partial charge in [-0.1, -0.05) is 86.7 Å². The number of nitrogens with one attached hydrogen (secondary N) is 1. The molecular weight excluding hydrogens is 778 g/mol. The minimum Gasteiger partial charge on any atom is -0.328 e. The molecule has 2 aromatic carbocycles. The van der Waals surface area contributed by atoms with Crippen LogP contribution in [0.2, 0.25) is 0 Å². The van der Waals surface area contributed by atoms with E-state index in [2.05, 4.69) is 16.2 Å². The summed E-state index contributed by atoms with van der Waals surface area (Å²) >= 11 is 0. The molecule has 0 radical (unpaired) electrons. The van der Waals surface area contributed by atoms with Crippen LogP contribution in [0.5, 0.6) is 0 Å². The van der Waals surface area contributed by atoms with E-state index in [-0.39, 0.29) is 30.6 Å². The van der Waals surface area contributed by atoms with Crippen LogP contribution in [0.4, 0.5) is 9.59 Å². The summed E-state index contributed by atoms with van der Waals surface area (Å²) in [4.78, 5) is 105. The Morgan fingerprint density at radius 2 is 1.17 bits per heavy atom. The van der Waals surface area contributed by atoms with Crippen molar-refractivity contribution in [2.45, 2.75) is 103 Å². The first-order valence-electron chi connectivity index (χ1n) is 20.7. The van der Waals surface area contributed by atoms with Gasteiger partial charge in [0.1, 0.15) is 25.3 Å². The van der Waals surface area contributed by atoms with Gasteiger partial charge in [-0.05, 0) is 62.5 Å². The molecule has 6 aliphatic rings. The van der Waals surface area contributed by atoms with Crippen LogP contribution in [0.3, 0.4) is 0 Å². The summed E-state index contributed by atoms with van der Waals surface area (Å²) in [6.45, 7) is 6.54. The third kappa shape index (κ3) is 10.3. The summed E-state index contributed by atoms with van der Waals surface area (Å²) in [5, 5.41) is 3.36. The highest BCUT2D eigenvalue weighted by Crippen LogP contribution is 2.37. The smallest absolute Gasteiger partial charge is 0.328 e. The van der Waals surface area contributed by atoms with E-state index in [4.69, 9.17) is 19.4 Å². The first-order valence-corrected chi connectivity index (χ1v) is 20.7. The van der Waals surface area contributed by atoms with Gasteiger partial charge in [0, 0.05) is 13.1 Å². The molecule has 1 aliphatic carbocycles. The van der Waals surface area contributed by atoms with E-state index in [0.717, 1.165) is 30.4 Å². The first-order chi connectivity index (χ1) is 29.2. The van der Waals surface area contributed by atoms with Crippen molar-refractivity contribution in [3.05, 3.63) is 83.9 Å². The van der Waals surface area contributed by atoms with Crippen LogP contribution in [0.1, 0.15) is 76.3 Å². The molecule has 18 heteroatoms. The van der Waals surface area contributed by atoms with Crippen molar-refractivity contribution in [2.24, 2.45) is 17.7 Å². The largest absolute Gasteiger partial charge is 0.355 e. The van der Waals surface area contributed by atoms with E-state index < -0.39 is 47.7 Å². The Hall–Kier alpha value is -5.40. The number of nitrogens with two attached hydrogens (primary N) is 1. The van der Waals surface area contributed by atoms with Gasteiger partial charge in [0.2, 0.25) is 0 Å². The maximum Gasteiger partial charge on any atom is 0.355 e. The Bertz CT molecular complexity index is 1810. The third-order valence-corrected chi connectivity index (χ3v) is 11.1. The number of imide groups is 1. The van der Waals surface area contributed by atoms with Crippen LogP contribution < -0.4 is 11.4 Å². The molecule has 0 unspecified atom stereocenters. The van der Waals surface area contributed by atoms with E-state index >= 15 is 0 Å². The maximum absolute atomic E-state index is 12.9. The SMILES string of the molecule is CCCON.CCCONC(=O)[C@@H]1CC[C@@H]2CN1C(=O)N2OCc1ccccc1.O=C(ON1C(=O)[C@H]2CC=CC[C@H]2C1=O)[C@@H]1CC[C@@H]2CN1C(=O)N2OCc1ccccc1. The van der Waals surface area contributed by atoms with E-state index in [1.165, 1.54) is 15.0 Å². The highest BCUT2D eigenvalue weighted by molar-refractivity contribution is 6.05. The molecule has 0 spiro atoms. The number of carbonyl (C=O) groups is 6. The van der Waals surface area contributed by atoms with Gasteiger partial charge < -0.3 is 19.5 Å². The summed E-state index contributed by atoms with van der Waals surface area (Å²) in [6, 6.07) is 17.1. The monoisotopic (exact) mass is 833 g/mol. The van der Waals surface area contributed by atoms with Crippen molar-refractivity contribution in [1.82, 2.24) is 30.5 Å². The zero-order valence-corrected chi connectivity index (χ0v) is 34.1. The standard InChI is InChI=1S/C22H23N3O6.C17H23N3O4.C3H9NO/c26-19-16-8-4-5-9-17(16)20(27)25(19)31-21(28)18-11-10-15-12-23(18)22(29)24(15)30-13-14-6-2-1-3-7-14;1-2-10-23-18-16(21)15-9-8-14-11-19(15)17(22)20(14)24-12-13-6-4-3-5-7-13;1-2-3-5-4/h1-7,15-18H,8-13H2;3-7,14-15H,2,8-12H2,1H3,(H,18,21);2-4H2,1H3/t15-,16-,17+,18+;14-,15+;/m11./s1. The quantitative estimate of drug-likeness (QED) is 0.120. The van der Waals surface area contributed by atoms with Gasteiger partial charge in [-0.15, -0.1) is 5.06 Å². The van der Waals surface area contributed by atoms with Gasteiger partial charge in [0.05, 0.1) is 37.1 Å². The number of allylic oxidation sites excluding steroid dienone is 2. The zero-order chi connectivity index (χ0) is 42.6. The average molecular weight is 834 g/mol. The summed E-state index contributed by atoms with van der Waals surface area (Å²) in [6.07, 6.45) is 8.77. The molecular formula is C42H55N7O11. The number of amides is 7. The molecule has 8 rings (SSSR count). The van der Waals surface area contributed by atoms with Crippen LogP contribution in [-0.4, -0.2) is 111 Å². The molecule has 5 saturated heterocycles. The van der Waals surface area contributed by atoms with Crippen LogP contribution in [0.15, 0.2) is 72.8 Å². The predicted molar refractivity (Wildman–Crippen MR) is 212 cm³/mol. The van der Waals surface area contributed by atoms with Gasteiger partial charge >= 0.3 is 18.0 Å². The molecule has 5 fully saturated rings. The van der Waals surface area contributed by atoms with Crippen LogP contribution in [-0.2, 0) is 56.6 Å². The molecule has 5 heterocycles. The first kappa shape index (κ1) is 44.2. The molecule has 0 saturated carbocycles. The molecule has 60 heavy (non-hydrogen) atoms. The van der Waals surface area contributed by atoms with Gasteiger partial charge in [-0.25, -0.2) is 25.8 Å². The van der Waals surface area contributed by atoms with Crippen LogP contribution in [0, 0.1) is 11.8 Å². The second kappa shape index (κ2) is 21.2. The Kier molecular flexibility index (Phi) is 15.6. The van der Waals surface area contributed by atoms with E-state index in [1.54, 1.807) is 4.90 Å². The number of rotatable bonds is 14. The fraction of sp³-hybridized carbons (Fsp3) is 0.524. The lowest BCUT2D eigenvalue weighted by molar-refractivity contribution is -0.202. The molecule has 5 aliphatic heterocycles. The van der Waals surface area contributed by atoms with Gasteiger partial charge in [-0.3, -0.25) is 28.9 Å². The highest BCUT2D eigenvalue weighted by Gasteiger charge is 2.53. The van der Waals surface area contributed by atoms with Crippen molar-refractivity contribution in [2.75, 3.05) is 26.3 Å². The van der Waals surface area contributed by atoms with E-state index in [0.29, 0.717) is 70.1 Å². The second-order valence-corrected chi connectivity index (χ2v) is 15.3. The highest BCUT2D eigenvalue weighted by atomic mass is 16.7. The van der Waals surface area contributed by atoms with Gasteiger partial charge in [-0.2, -0.15) is 10.1 Å². The molecule has 4 bridgehead atoms. The number of hydrogen-bond acceptors (Lipinski definition) is 12. The Balaban J connectivity index is 0.000000186. The number of fused-ring (bicyclic) bond motifs is 5. The average Bonchev–Trinajstić information content (AvgIpc) is 3.77. The molecule has 3 N–H and O–H groups in total. The number of urea groups is 2. The molecule has 18 nitrogen and oxygen atoms in total.